The van der Waals surface area contributed by atoms with Crippen LogP contribution >= 0.6 is 11.7 Å². The van der Waals surface area contributed by atoms with E-state index in [4.69, 9.17) is 5.73 Å². The molecule has 0 aliphatic carbocycles. The Balaban J connectivity index is 2.28. The Bertz CT molecular complexity index is 433. The maximum Gasteiger partial charge on any atom is 0.165 e. The second-order valence-corrected chi connectivity index (χ2v) is 3.97. The molecule has 0 aliphatic rings. The summed E-state index contributed by atoms with van der Waals surface area (Å²) < 4.78 is 8.13. The van der Waals surface area contributed by atoms with E-state index in [1.54, 1.807) is 0 Å². The summed E-state index contributed by atoms with van der Waals surface area (Å²) >= 11 is 1.15. The third-order valence-corrected chi connectivity index (χ3v) is 2.82. The molecule has 2 N–H and O–H groups in total. The van der Waals surface area contributed by atoms with E-state index < -0.39 is 0 Å². The van der Waals surface area contributed by atoms with Crippen molar-refractivity contribution in [1.82, 2.24) is 8.75 Å². The van der Waals surface area contributed by atoms with Gasteiger partial charge in [-0.3, -0.25) is 0 Å². The average Bonchev–Trinajstić information content (AvgIpc) is 2.66. The fourth-order valence-corrected chi connectivity index (χ4v) is 2.01. The van der Waals surface area contributed by atoms with E-state index in [0.717, 1.165) is 29.4 Å². The fraction of sp³-hybridized carbons (Fsp3) is 0.273. The third kappa shape index (κ3) is 2.15. The van der Waals surface area contributed by atoms with Crippen LogP contribution in [0, 0.1) is 0 Å². The lowest BCUT2D eigenvalue weighted by atomic mass is 10.1. The molecule has 1 aromatic carbocycles. The van der Waals surface area contributed by atoms with Crippen LogP contribution in [0.5, 0.6) is 0 Å². The zero-order valence-electron chi connectivity index (χ0n) is 8.60. The second-order valence-electron chi connectivity index (χ2n) is 3.44. The third-order valence-electron chi connectivity index (χ3n) is 2.28. The number of rotatable bonds is 3. The van der Waals surface area contributed by atoms with Gasteiger partial charge in [0.25, 0.3) is 0 Å². The lowest BCUT2D eigenvalue weighted by Gasteiger charge is -2.00. The van der Waals surface area contributed by atoms with Crippen LogP contribution in [0.25, 0.3) is 11.3 Å². The Morgan fingerprint density at radius 2 is 1.93 bits per heavy atom. The molecule has 78 valence electrons. The van der Waals surface area contributed by atoms with Crippen molar-refractivity contribution < 1.29 is 0 Å². The van der Waals surface area contributed by atoms with Crippen molar-refractivity contribution >= 4 is 17.5 Å². The van der Waals surface area contributed by atoms with Gasteiger partial charge in [0, 0.05) is 5.56 Å². The van der Waals surface area contributed by atoms with Crippen LogP contribution in [0.2, 0.25) is 0 Å². The number of hydrogen-bond donors (Lipinski definition) is 1. The molecule has 1 aromatic heterocycles. The molecule has 0 saturated carbocycles. The zero-order chi connectivity index (χ0) is 10.7. The van der Waals surface area contributed by atoms with Crippen molar-refractivity contribution in [3.8, 4) is 11.3 Å². The van der Waals surface area contributed by atoms with Gasteiger partial charge >= 0.3 is 0 Å². The molecule has 0 fully saturated rings. The van der Waals surface area contributed by atoms with Crippen molar-refractivity contribution in [1.29, 1.82) is 0 Å². The van der Waals surface area contributed by atoms with E-state index in [0.29, 0.717) is 5.82 Å². The van der Waals surface area contributed by atoms with E-state index in [-0.39, 0.29) is 0 Å². The van der Waals surface area contributed by atoms with Gasteiger partial charge in [-0.05, 0) is 12.0 Å². The molecule has 2 rings (SSSR count). The van der Waals surface area contributed by atoms with Gasteiger partial charge in [0.2, 0.25) is 0 Å². The van der Waals surface area contributed by atoms with Crippen LogP contribution in [0.1, 0.15) is 18.9 Å². The van der Waals surface area contributed by atoms with Crippen molar-refractivity contribution in [2.45, 2.75) is 19.8 Å². The van der Waals surface area contributed by atoms with E-state index in [1.165, 1.54) is 12.0 Å². The molecule has 2 aromatic rings. The molecule has 15 heavy (non-hydrogen) atoms. The summed E-state index contributed by atoms with van der Waals surface area (Å²) in [5, 5.41) is 0. The fourth-order valence-electron chi connectivity index (χ4n) is 1.51. The lowest BCUT2D eigenvalue weighted by molar-refractivity contribution is 0.922. The van der Waals surface area contributed by atoms with Crippen LogP contribution in [0.15, 0.2) is 24.3 Å². The summed E-state index contributed by atoms with van der Waals surface area (Å²) in [6.07, 6.45) is 2.28. The molecule has 3 nitrogen and oxygen atoms in total. The molecular weight excluding hydrogens is 206 g/mol. The van der Waals surface area contributed by atoms with Crippen LogP contribution in [0.4, 0.5) is 5.82 Å². The Labute approximate surface area is 93.3 Å². The van der Waals surface area contributed by atoms with Crippen LogP contribution in [0.3, 0.4) is 0 Å². The van der Waals surface area contributed by atoms with Gasteiger partial charge in [-0.25, -0.2) is 0 Å². The standard InChI is InChI=1S/C11H13N3S/c1-2-3-8-4-6-9(7-5-8)10-11(12)14-15-13-10/h4-7H,2-3H2,1H3,(H2,12,14). The first-order valence-corrected chi connectivity index (χ1v) is 5.71. The van der Waals surface area contributed by atoms with Crippen molar-refractivity contribution in [2.75, 3.05) is 5.73 Å². The minimum Gasteiger partial charge on any atom is -0.381 e. The molecule has 0 spiro atoms. The molecule has 0 atom stereocenters. The van der Waals surface area contributed by atoms with Gasteiger partial charge in [-0.1, -0.05) is 37.6 Å². The smallest absolute Gasteiger partial charge is 0.165 e. The molecule has 0 saturated heterocycles. The highest BCUT2D eigenvalue weighted by Crippen LogP contribution is 2.23. The summed E-state index contributed by atoms with van der Waals surface area (Å²) in [6, 6.07) is 8.35. The molecule has 1 heterocycles. The van der Waals surface area contributed by atoms with Gasteiger partial charge in [0.05, 0.1) is 11.7 Å². The largest absolute Gasteiger partial charge is 0.381 e. The van der Waals surface area contributed by atoms with E-state index in [1.807, 2.05) is 0 Å². The Morgan fingerprint density at radius 3 is 2.47 bits per heavy atom. The summed E-state index contributed by atoms with van der Waals surface area (Å²) in [4.78, 5) is 0. The minimum absolute atomic E-state index is 0.517. The van der Waals surface area contributed by atoms with Gasteiger partial charge in [-0.2, -0.15) is 8.75 Å². The average molecular weight is 219 g/mol. The first-order chi connectivity index (χ1) is 7.31. The van der Waals surface area contributed by atoms with E-state index in [9.17, 15) is 0 Å². The number of aromatic nitrogens is 2. The number of aryl methyl sites for hydroxylation is 1. The van der Waals surface area contributed by atoms with Crippen molar-refractivity contribution in [3.63, 3.8) is 0 Å². The monoisotopic (exact) mass is 219 g/mol. The quantitative estimate of drug-likeness (QED) is 0.863. The Kier molecular flexibility index (Phi) is 2.97. The van der Waals surface area contributed by atoms with Crippen molar-refractivity contribution in [3.05, 3.63) is 29.8 Å². The first-order valence-electron chi connectivity index (χ1n) is 4.98. The molecule has 0 amide bonds. The molecule has 0 radical (unpaired) electrons. The number of benzene rings is 1. The number of anilines is 1. The zero-order valence-corrected chi connectivity index (χ0v) is 9.42. The number of nitrogen functional groups attached to an aromatic ring is 1. The van der Waals surface area contributed by atoms with Crippen molar-refractivity contribution in [2.24, 2.45) is 0 Å². The Hall–Kier alpha value is -1.42. The molecule has 0 unspecified atom stereocenters. The number of nitrogens with two attached hydrogens (primary N) is 1. The van der Waals surface area contributed by atoms with Gasteiger partial charge in [0.1, 0.15) is 5.69 Å². The number of hydrogen-bond acceptors (Lipinski definition) is 4. The topological polar surface area (TPSA) is 51.8 Å². The maximum atomic E-state index is 5.71. The van der Waals surface area contributed by atoms with Crippen LogP contribution in [-0.4, -0.2) is 8.75 Å². The van der Waals surface area contributed by atoms with E-state index >= 15 is 0 Å². The second kappa shape index (κ2) is 4.40. The summed E-state index contributed by atoms with van der Waals surface area (Å²) in [6.45, 7) is 2.18. The normalized spacial score (nSPS) is 10.5. The predicted molar refractivity (Wildman–Crippen MR) is 63.8 cm³/mol. The van der Waals surface area contributed by atoms with Gasteiger partial charge in [0.15, 0.2) is 5.82 Å². The number of nitrogens with zero attached hydrogens (tertiary/aromatic N) is 2. The van der Waals surface area contributed by atoms with Crippen LogP contribution < -0.4 is 5.73 Å². The summed E-state index contributed by atoms with van der Waals surface area (Å²) in [5.74, 6) is 0.517. The predicted octanol–water partition coefficient (Wildman–Crippen LogP) is 2.74. The highest BCUT2D eigenvalue weighted by atomic mass is 32.1. The maximum absolute atomic E-state index is 5.71. The molecular formula is C11H13N3S. The summed E-state index contributed by atoms with van der Waals surface area (Å²) in [7, 11) is 0. The molecule has 0 bridgehead atoms. The molecule has 0 aliphatic heterocycles. The first kappa shape index (κ1) is 10.1. The molecule has 4 heteroatoms. The SMILES string of the molecule is CCCc1ccc(-c2nsnc2N)cc1. The van der Waals surface area contributed by atoms with Crippen LogP contribution in [-0.2, 0) is 6.42 Å². The Morgan fingerprint density at radius 1 is 1.20 bits per heavy atom. The lowest BCUT2D eigenvalue weighted by Crippen LogP contribution is -1.89. The highest BCUT2D eigenvalue weighted by Gasteiger charge is 2.06. The minimum atomic E-state index is 0.517. The van der Waals surface area contributed by atoms with Gasteiger partial charge in [-0.15, -0.1) is 0 Å². The summed E-state index contributed by atoms with van der Waals surface area (Å²) in [5.41, 5.74) is 8.89. The van der Waals surface area contributed by atoms with E-state index in [2.05, 4.69) is 39.9 Å². The van der Waals surface area contributed by atoms with Gasteiger partial charge < -0.3 is 5.73 Å². The highest BCUT2D eigenvalue weighted by molar-refractivity contribution is 6.99.